The third-order valence-electron chi connectivity index (χ3n) is 4.60. The summed E-state index contributed by atoms with van der Waals surface area (Å²) in [5.41, 5.74) is 3.83. The molecule has 0 heterocycles. The third-order valence-corrected chi connectivity index (χ3v) is 4.60. The van der Waals surface area contributed by atoms with E-state index in [0.29, 0.717) is 0 Å². The van der Waals surface area contributed by atoms with Crippen molar-refractivity contribution in [1.82, 2.24) is 0 Å². The van der Waals surface area contributed by atoms with Gasteiger partial charge in [-0.2, -0.15) is 0 Å². The summed E-state index contributed by atoms with van der Waals surface area (Å²) < 4.78 is 0. The van der Waals surface area contributed by atoms with E-state index in [9.17, 15) is 4.79 Å². The zero-order valence-corrected chi connectivity index (χ0v) is 11.8. The lowest BCUT2D eigenvalue weighted by Crippen LogP contribution is -1.96. The fourth-order valence-corrected chi connectivity index (χ4v) is 3.69. The fourth-order valence-electron chi connectivity index (χ4n) is 3.69. The van der Waals surface area contributed by atoms with Crippen molar-refractivity contribution in [1.29, 1.82) is 0 Å². The molecule has 4 aromatic rings. The number of ketones is 1. The van der Waals surface area contributed by atoms with E-state index in [4.69, 9.17) is 0 Å². The van der Waals surface area contributed by atoms with Gasteiger partial charge in [-0.05, 0) is 27.1 Å². The fraction of sp³-hybridized carbons (Fsp3) is 0. The predicted molar refractivity (Wildman–Crippen MR) is 90.3 cm³/mol. The molecule has 4 aromatic carbocycles. The number of hydrogen-bond acceptors (Lipinski definition) is 1. The molecule has 0 aliphatic heterocycles. The van der Waals surface area contributed by atoms with Crippen LogP contribution in [0.5, 0.6) is 0 Å². The zero-order chi connectivity index (χ0) is 14.7. The Balaban J connectivity index is 2.13. The second-order valence-electron chi connectivity index (χ2n) is 5.72. The van der Waals surface area contributed by atoms with E-state index in [1.54, 1.807) is 0 Å². The summed E-state index contributed by atoms with van der Waals surface area (Å²) in [6.07, 6.45) is 0. The number of rotatable bonds is 0. The molecule has 0 bridgehead atoms. The number of fused-ring (bicyclic) bond motifs is 8. The first kappa shape index (κ1) is 11.7. The topological polar surface area (TPSA) is 17.1 Å². The van der Waals surface area contributed by atoms with E-state index < -0.39 is 0 Å². The molecular formula is C21H12O. The van der Waals surface area contributed by atoms with Crippen LogP contribution in [0.4, 0.5) is 0 Å². The lowest BCUT2D eigenvalue weighted by molar-refractivity contribution is 0.104. The van der Waals surface area contributed by atoms with Crippen LogP contribution >= 0.6 is 0 Å². The Morgan fingerprint density at radius 1 is 0.455 bits per heavy atom. The van der Waals surface area contributed by atoms with Crippen molar-refractivity contribution in [2.75, 3.05) is 0 Å². The molecule has 102 valence electrons. The van der Waals surface area contributed by atoms with Gasteiger partial charge in [-0.1, -0.05) is 72.8 Å². The summed E-state index contributed by atoms with van der Waals surface area (Å²) in [6.45, 7) is 0. The Morgan fingerprint density at radius 3 is 1.55 bits per heavy atom. The van der Waals surface area contributed by atoms with E-state index in [1.807, 2.05) is 36.4 Å². The van der Waals surface area contributed by atoms with Gasteiger partial charge in [0.25, 0.3) is 0 Å². The minimum atomic E-state index is 0.146. The van der Waals surface area contributed by atoms with Gasteiger partial charge < -0.3 is 0 Å². The van der Waals surface area contributed by atoms with Crippen molar-refractivity contribution in [2.24, 2.45) is 0 Å². The molecule has 0 spiro atoms. The number of benzene rings is 4. The molecule has 5 rings (SSSR count). The Morgan fingerprint density at radius 2 is 0.909 bits per heavy atom. The van der Waals surface area contributed by atoms with Gasteiger partial charge in [-0.3, -0.25) is 4.79 Å². The van der Waals surface area contributed by atoms with Crippen LogP contribution in [0.15, 0.2) is 72.8 Å². The maximum Gasteiger partial charge on any atom is 0.194 e. The molecule has 0 saturated carbocycles. The smallest absolute Gasteiger partial charge is 0.194 e. The standard InChI is InChI=1S/C21H12O/c22-21-18-12-6-5-11-17(18)19-15-9-3-1-7-13(15)14-8-2-4-10-16(14)20(19)21/h1-12H. The Hall–Kier alpha value is -2.93. The van der Waals surface area contributed by atoms with E-state index in [0.717, 1.165) is 38.4 Å². The molecule has 0 N–H and O–H groups in total. The van der Waals surface area contributed by atoms with Gasteiger partial charge in [0.05, 0.1) is 0 Å². The molecule has 0 radical (unpaired) electrons. The molecule has 0 atom stereocenters. The molecule has 0 aromatic heterocycles. The Bertz CT molecular complexity index is 1090. The highest BCUT2D eigenvalue weighted by molar-refractivity contribution is 6.33. The maximum atomic E-state index is 12.9. The molecule has 1 nitrogen and oxygen atoms in total. The first-order valence-corrected chi connectivity index (χ1v) is 7.44. The van der Waals surface area contributed by atoms with Crippen LogP contribution in [0.3, 0.4) is 0 Å². The van der Waals surface area contributed by atoms with Crippen LogP contribution in [0.1, 0.15) is 15.9 Å². The Labute approximate surface area is 127 Å². The number of carbonyl (C=O) groups is 1. The van der Waals surface area contributed by atoms with Crippen LogP contribution < -0.4 is 0 Å². The van der Waals surface area contributed by atoms with Crippen molar-refractivity contribution in [3.63, 3.8) is 0 Å². The highest BCUT2D eigenvalue weighted by Gasteiger charge is 2.30. The van der Waals surface area contributed by atoms with Gasteiger partial charge in [0.15, 0.2) is 5.78 Å². The monoisotopic (exact) mass is 280 g/mol. The quantitative estimate of drug-likeness (QED) is 0.356. The van der Waals surface area contributed by atoms with Gasteiger partial charge in [-0.15, -0.1) is 0 Å². The predicted octanol–water partition coefficient (Wildman–Crippen LogP) is 5.20. The average molecular weight is 280 g/mol. The van der Waals surface area contributed by atoms with Gasteiger partial charge in [-0.25, -0.2) is 0 Å². The van der Waals surface area contributed by atoms with Gasteiger partial charge in [0.2, 0.25) is 0 Å². The second kappa shape index (κ2) is 4.05. The minimum Gasteiger partial charge on any atom is -0.289 e. The van der Waals surface area contributed by atoms with Crippen molar-refractivity contribution in [3.8, 4) is 11.1 Å². The summed E-state index contributed by atoms with van der Waals surface area (Å²) in [7, 11) is 0. The SMILES string of the molecule is O=C1c2ccccc2-c2c1c1ccccc1c1ccccc21. The molecule has 1 heteroatoms. The maximum absolute atomic E-state index is 12.9. The summed E-state index contributed by atoms with van der Waals surface area (Å²) in [4.78, 5) is 12.9. The first-order chi connectivity index (χ1) is 10.9. The molecule has 1 aliphatic carbocycles. The molecule has 1 aliphatic rings. The Kier molecular flexibility index (Phi) is 2.15. The third kappa shape index (κ3) is 1.31. The van der Waals surface area contributed by atoms with E-state index in [-0.39, 0.29) is 5.78 Å². The molecule has 0 unspecified atom stereocenters. The number of carbonyl (C=O) groups excluding carboxylic acids is 1. The average Bonchev–Trinajstić information content (AvgIpc) is 2.89. The summed E-state index contributed by atoms with van der Waals surface area (Å²) in [5.74, 6) is 0.146. The lowest BCUT2D eigenvalue weighted by atomic mass is 9.91. The molecule has 0 fully saturated rings. The minimum absolute atomic E-state index is 0.146. The zero-order valence-electron chi connectivity index (χ0n) is 11.8. The second-order valence-corrected chi connectivity index (χ2v) is 5.72. The number of hydrogen-bond donors (Lipinski definition) is 0. The molecular weight excluding hydrogens is 268 g/mol. The van der Waals surface area contributed by atoms with Crippen LogP contribution in [0, 0.1) is 0 Å². The normalized spacial score (nSPS) is 12.6. The summed E-state index contributed by atoms with van der Waals surface area (Å²) in [6, 6.07) is 24.5. The van der Waals surface area contributed by atoms with Crippen LogP contribution in [0.2, 0.25) is 0 Å². The molecule has 0 saturated heterocycles. The highest BCUT2D eigenvalue weighted by atomic mass is 16.1. The lowest BCUT2D eigenvalue weighted by Gasteiger charge is -2.11. The van der Waals surface area contributed by atoms with Crippen LogP contribution in [-0.2, 0) is 0 Å². The van der Waals surface area contributed by atoms with Gasteiger partial charge in [0.1, 0.15) is 0 Å². The van der Waals surface area contributed by atoms with Gasteiger partial charge >= 0.3 is 0 Å². The summed E-state index contributed by atoms with van der Waals surface area (Å²) in [5, 5.41) is 4.58. The first-order valence-electron chi connectivity index (χ1n) is 7.44. The highest BCUT2D eigenvalue weighted by Crippen LogP contribution is 2.45. The van der Waals surface area contributed by atoms with Crippen molar-refractivity contribution >= 4 is 27.3 Å². The van der Waals surface area contributed by atoms with Crippen LogP contribution in [-0.4, -0.2) is 5.78 Å². The van der Waals surface area contributed by atoms with Crippen molar-refractivity contribution in [3.05, 3.63) is 83.9 Å². The van der Waals surface area contributed by atoms with Crippen molar-refractivity contribution in [2.45, 2.75) is 0 Å². The largest absolute Gasteiger partial charge is 0.289 e. The van der Waals surface area contributed by atoms with E-state index in [2.05, 4.69) is 36.4 Å². The van der Waals surface area contributed by atoms with Crippen LogP contribution in [0.25, 0.3) is 32.7 Å². The van der Waals surface area contributed by atoms with Gasteiger partial charge in [0, 0.05) is 16.7 Å². The van der Waals surface area contributed by atoms with E-state index >= 15 is 0 Å². The summed E-state index contributed by atoms with van der Waals surface area (Å²) >= 11 is 0. The van der Waals surface area contributed by atoms with Crippen molar-refractivity contribution < 1.29 is 4.79 Å². The van der Waals surface area contributed by atoms with E-state index in [1.165, 1.54) is 5.39 Å². The molecule has 22 heavy (non-hydrogen) atoms. The molecule has 0 amide bonds.